The lowest BCUT2D eigenvalue weighted by Gasteiger charge is -2.29. The predicted octanol–water partition coefficient (Wildman–Crippen LogP) is 2.67. The largest absolute Gasteiger partial charge is 0.338 e. The van der Waals surface area contributed by atoms with Crippen molar-refractivity contribution in [1.29, 1.82) is 0 Å². The highest BCUT2D eigenvalue weighted by atomic mass is 35.5. The lowest BCUT2D eigenvalue weighted by molar-refractivity contribution is -0.135. The van der Waals surface area contributed by atoms with Gasteiger partial charge in [0.25, 0.3) is 0 Å². The zero-order chi connectivity index (χ0) is 14.2. The minimum Gasteiger partial charge on any atom is -0.338 e. The van der Waals surface area contributed by atoms with Crippen LogP contribution in [0.2, 0.25) is 0 Å². The van der Waals surface area contributed by atoms with E-state index in [-0.39, 0.29) is 18.3 Å². The highest BCUT2D eigenvalue weighted by molar-refractivity contribution is 5.85. The summed E-state index contributed by atoms with van der Waals surface area (Å²) in [6.07, 6.45) is 4.64. The molecule has 4 heteroatoms. The van der Waals surface area contributed by atoms with Gasteiger partial charge in [-0.25, -0.2) is 0 Å². The van der Waals surface area contributed by atoms with E-state index in [2.05, 4.69) is 24.0 Å². The zero-order valence-corrected chi connectivity index (χ0v) is 13.3. The van der Waals surface area contributed by atoms with Crippen molar-refractivity contribution >= 4 is 18.3 Å². The SMILES string of the molecule is C=CCN(CCc1ccccc1)C(=O)C1CCNCC1.Cl. The molecule has 0 aromatic heterocycles. The molecule has 0 atom stereocenters. The van der Waals surface area contributed by atoms with Gasteiger partial charge < -0.3 is 10.2 Å². The fourth-order valence-corrected chi connectivity index (χ4v) is 2.68. The first kappa shape index (κ1) is 17.7. The fourth-order valence-electron chi connectivity index (χ4n) is 2.68. The summed E-state index contributed by atoms with van der Waals surface area (Å²) in [7, 11) is 0. The summed E-state index contributed by atoms with van der Waals surface area (Å²) in [6.45, 7) is 7.11. The number of hydrogen-bond donors (Lipinski definition) is 1. The molecule has 21 heavy (non-hydrogen) atoms. The molecule has 3 nitrogen and oxygen atoms in total. The minimum atomic E-state index is 0. The smallest absolute Gasteiger partial charge is 0.226 e. The minimum absolute atomic E-state index is 0. The number of halogens is 1. The molecule has 1 N–H and O–H groups in total. The molecule has 1 heterocycles. The molecule has 1 aliphatic heterocycles. The number of piperidine rings is 1. The molecule has 116 valence electrons. The van der Waals surface area contributed by atoms with E-state index in [0.29, 0.717) is 12.5 Å². The summed E-state index contributed by atoms with van der Waals surface area (Å²) in [5.41, 5.74) is 1.28. The van der Waals surface area contributed by atoms with Crippen molar-refractivity contribution in [2.75, 3.05) is 26.2 Å². The number of rotatable bonds is 6. The van der Waals surface area contributed by atoms with E-state index in [1.807, 2.05) is 29.2 Å². The van der Waals surface area contributed by atoms with Gasteiger partial charge in [0.2, 0.25) is 5.91 Å². The summed E-state index contributed by atoms with van der Waals surface area (Å²) >= 11 is 0. The summed E-state index contributed by atoms with van der Waals surface area (Å²) in [5, 5.41) is 3.31. The van der Waals surface area contributed by atoms with Crippen molar-refractivity contribution in [3.05, 3.63) is 48.6 Å². The van der Waals surface area contributed by atoms with Crippen molar-refractivity contribution in [3.63, 3.8) is 0 Å². The molecular formula is C17H25ClN2O. The quantitative estimate of drug-likeness (QED) is 0.820. The first-order valence-electron chi connectivity index (χ1n) is 7.45. The maximum atomic E-state index is 12.6. The van der Waals surface area contributed by atoms with Crippen LogP contribution in [0.25, 0.3) is 0 Å². The van der Waals surface area contributed by atoms with Gasteiger partial charge in [0.15, 0.2) is 0 Å². The van der Waals surface area contributed by atoms with Gasteiger partial charge in [-0.1, -0.05) is 36.4 Å². The standard InChI is InChI=1S/C17H24N2O.ClH/c1-2-13-19(14-10-15-6-4-3-5-7-15)17(20)16-8-11-18-12-9-16;/h2-7,16,18H,1,8-14H2;1H. The lowest BCUT2D eigenvalue weighted by Crippen LogP contribution is -2.42. The number of carbonyl (C=O) groups is 1. The molecule has 1 saturated heterocycles. The molecule has 0 aliphatic carbocycles. The molecule has 2 rings (SSSR count). The third kappa shape index (κ3) is 5.52. The van der Waals surface area contributed by atoms with Crippen molar-refractivity contribution < 1.29 is 4.79 Å². The van der Waals surface area contributed by atoms with E-state index in [1.165, 1.54) is 5.56 Å². The van der Waals surface area contributed by atoms with Gasteiger partial charge >= 0.3 is 0 Å². The Kier molecular flexibility index (Phi) is 8.09. The molecule has 1 aliphatic rings. The number of benzene rings is 1. The van der Waals surface area contributed by atoms with Crippen molar-refractivity contribution in [2.45, 2.75) is 19.3 Å². The average molecular weight is 309 g/mol. The molecule has 1 amide bonds. The van der Waals surface area contributed by atoms with E-state index in [4.69, 9.17) is 0 Å². The molecule has 0 spiro atoms. The highest BCUT2D eigenvalue weighted by Crippen LogP contribution is 2.15. The van der Waals surface area contributed by atoms with Crippen molar-refractivity contribution in [2.24, 2.45) is 5.92 Å². The molecule has 1 aromatic carbocycles. The van der Waals surface area contributed by atoms with Gasteiger partial charge in [-0.3, -0.25) is 4.79 Å². The lowest BCUT2D eigenvalue weighted by atomic mass is 9.96. The molecule has 1 aromatic rings. The molecule has 1 fully saturated rings. The molecule has 0 bridgehead atoms. The van der Waals surface area contributed by atoms with Gasteiger partial charge in [0.05, 0.1) is 0 Å². The second-order valence-electron chi connectivity index (χ2n) is 5.33. The number of carbonyl (C=O) groups excluding carboxylic acids is 1. The molecule has 0 saturated carbocycles. The van der Waals surface area contributed by atoms with E-state index < -0.39 is 0 Å². The Hall–Kier alpha value is -1.32. The van der Waals surface area contributed by atoms with Crippen LogP contribution in [0.5, 0.6) is 0 Å². The average Bonchev–Trinajstić information content (AvgIpc) is 2.52. The maximum Gasteiger partial charge on any atom is 0.226 e. The van der Waals surface area contributed by atoms with Crippen LogP contribution in [0.3, 0.4) is 0 Å². The number of amides is 1. The van der Waals surface area contributed by atoms with Crippen LogP contribution < -0.4 is 5.32 Å². The fraction of sp³-hybridized carbons (Fsp3) is 0.471. The first-order chi connectivity index (χ1) is 9.81. The van der Waals surface area contributed by atoms with Gasteiger partial charge in [-0.15, -0.1) is 19.0 Å². The Morgan fingerprint density at radius 1 is 1.29 bits per heavy atom. The maximum absolute atomic E-state index is 12.6. The van der Waals surface area contributed by atoms with Gasteiger partial charge in [-0.05, 0) is 37.9 Å². The third-order valence-electron chi connectivity index (χ3n) is 3.86. The van der Waals surface area contributed by atoms with Crippen LogP contribution in [-0.2, 0) is 11.2 Å². The second-order valence-corrected chi connectivity index (χ2v) is 5.33. The first-order valence-corrected chi connectivity index (χ1v) is 7.45. The summed E-state index contributed by atoms with van der Waals surface area (Å²) < 4.78 is 0. The number of nitrogens with zero attached hydrogens (tertiary/aromatic N) is 1. The summed E-state index contributed by atoms with van der Waals surface area (Å²) in [5.74, 6) is 0.481. The van der Waals surface area contributed by atoms with Gasteiger partial charge in [0.1, 0.15) is 0 Å². The summed E-state index contributed by atoms with van der Waals surface area (Å²) in [4.78, 5) is 14.5. The highest BCUT2D eigenvalue weighted by Gasteiger charge is 2.24. The molecule has 0 radical (unpaired) electrons. The van der Waals surface area contributed by atoms with Crippen LogP contribution >= 0.6 is 12.4 Å². The number of nitrogens with one attached hydrogen (secondary N) is 1. The van der Waals surface area contributed by atoms with Crippen LogP contribution in [0.15, 0.2) is 43.0 Å². The Labute approximate surface area is 133 Å². The monoisotopic (exact) mass is 308 g/mol. The summed E-state index contributed by atoms with van der Waals surface area (Å²) in [6, 6.07) is 10.3. The van der Waals surface area contributed by atoms with E-state index >= 15 is 0 Å². The second kappa shape index (κ2) is 9.59. The Morgan fingerprint density at radius 3 is 2.57 bits per heavy atom. The third-order valence-corrected chi connectivity index (χ3v) is 3.86. The normalized spacial score (nSPS) is 15.0. The molecule has 0 unspecified atom stereocenters. The Morgan fingerprint density at radius 2 is 1.95 bits per heavy atom. The van der Waals surface area contributed by atoms with Crippen molar-refractivity contribution in [3.8, 4) is 0 Å². The van der Waals surface area contributed by atoms with Crippen molar-refractivity contribution in [1.82, 2.24) is 10.2 Å². The van der Waals surface area contributed by atoms with E-state index in [9.17, 15) is 4.79 Å². The Balaban J connectivity index is 0.00000220. The van der Waals surface area contributed by atoms with E-state index in [1.54, 1.807) is 0 Å². The molecular weight excluding hydrogens is 284 g/mol. The Bertz CT molecular complexity index is 430. The predicted molar refractivity (Wildman–Crippen MR) is 89.8 cm³/mol. The zero-order valence-electron chi connectivity index (χ0n) is 12.5. The van der Waals surface area contributed by atoms with Crippen LogP contribution in [0.4, 0.5) is 0 Å². The van der Waals surface area contributed by atoms with Gasteiger partial charge in [-0.2, -0.15) is 0 Å². The van der Waals surface area contributed by atoms with E-state index in [0.717, 1.165) is 38.9 Å². The van der Waals surface area contributed by atoms with Crippen LogP contribution in [0.1, 0.15) is 18.4 Å². The van der Waals surface area contributed by atoms with Gasteiger partial charge in [0, 0.05) is 19.0 Å². The topological polar surface area (TPSA) is 32.3 Å². The van der Waals surface area contributed by atoms with Crippen LogP contribution in [-0.4, -0.2) is 37.0 Å². The number of hydrogen-bond acceptors (Lipinski definition) is 2. The van der Waals surface area contributed by atoms with Crippen LogP contribution in [0, 0.1) is 5.92 Å².